The Kier molecular flexibility index (Phi) is 6.48. The molecule has 0 saturated carbocycles. The van der Waals surface area contributed by atoms with Crippen molar-refractivity contribution in [3.05, 3.63) is 35.6 Å². The first-order chi connectivity index (χ1) is 17.1. The maximum absolute atomic E-state index is 14.7. The molecule has 0 radical (unpaired) electrons. The summed E-state index contributed by atoms with van der Waals surface area (Å²) in [6.07, 6.45) is 1.50. The van der Waals surface area contributed by atoms with Crippen molar-refractivity contribution in [2.75, 3.05) is 32.7 Å². The highest BCUT2D eigenvalue weighted by Crippen LogP contribution is 2.29. The van der Waals surface area contributed by atoms with Crippen LogP contribution in [0.3, 0.4) is 0 Å². The van der Waals surface area contributed by atoms with Crippen molar-refractivity contribution < 1.29 is 18.4 Å². The molecule has 0 bridgehead atoms. The van der Waals surface area contributed by atoms with Crippen LogP contribution in [0.2, 0.25) is 0 Å². The molecule has 194 valence electrons. The molecular formula is C26H35FN6O3. The van der Waals surface area contributed by atoms with Gasteiger partial charge in [-0.1, -0.05) is 26.0 Å². The lowest BCUT2D eigenvalue weighted by Gasteiger charge is -2.41. The van der Waals surface area contributed by atoms with E-state index in [4.69, 9.17) is 9.26 Å². The van der Waals surface area contributed by atoms with Crippen molar-refractivity contribution >= 4 is 17.0 Å². The Morgan fingerprint density at radius 3 is 2.72 bits per heavy atom. The van der Waals surface area contributed by atoms with Crippen molar-refractivity contribution in [3.63, 3.8) is 0 Å². The zero-order valence-electron chi connectivity index (χ0n) is 21.7. The Labute approximate surface area is 210 Å². The van der Waals surface area contributed by atoms with Gasteiger partial charge in [0.2, 0.25) is 5.89 Å². The van der Waals surface area contributed by atoms with Crippen LogP contribution in [0, 0.1) is 17.7 Å². The first-order valence-corrected chi connectivity index (χ1v) is 12.8. The molecule has 1 amide bonds. The van der Waals surface area contributed by atoms with Crippen LogP contribution in [0.4, 0.5) is 9.18 Å². The first-order valence-electron chi connectivity index (χ1n) is 12.8. The van der Waals surface area contributed by atoms with Crippen LogP contribution >= 0.6 is 0 Å². The lowest BCUT2D eigenvalue weighted by atomic mass is 10.00. The van der Waals surface area contributed by atoms with Crippen LogP contribution < -0.4 is 0 Å². The van der Waals surface area contributed by atoms with Crippen LogP contribution in [0.15, 0.2) is 22.7 Å². The number of carbonyl (C=O) groups excluding carboxylic acids is 1. The molecule has 2 saturated heterocycles. The fourth-order valence-electron chi connectivity index (χ4n) is 5.15. The monoisotopic (exact) mass is 498 g/mol. The Balaban J connectivity index is 1.17. The molecule has 5 rings (SSSR count). The minimum absolute atomic E-state index is 0.137. The number of nitrogens with zero attached hydrogens (tertiary/aromatic N) is 6. The third-order valence-electron chi connectivity index (χ3n) is 6.83. The van der Waals surface area contributed by atoms with Gasteiger partial charge >= 0.3 is 6.09 Å². The van der Waals surface area contributed by atoms with Crippen molar-refractivity contribution in [1.82, 2.24) is 29.7 Å². The fourth-order valence-corrected chi connectivity index (χ4v) is 5.15. The largest absolute Gasteiger partial charge is 0.444 e. The average Bonchev–Trinajstić information content (AvgIpc) is 3.48. The van der Waals surface area contributed by atoms with Gasteiger partial charge in [0, 0.05) is 43.9 Å². The zero-order valence-corrected chi connectivity index (χ0v) is 21.7. The fraction of sp³-hybridized carbons (Fsp3) is 0.615. The summed E-state index contributed by atoms with van der Waals surface area (Å²) < 4.78 is 27.1. The van der Waals surface area contributed by atoms with E-state index < -0.39 is 5.60 Å². The van der Waals surface area contributed by atoms with E-state index in [0.29, 0.717) is 29.7 Å². The molecule has 10 heteroatoms. The number of ether oxygens (including phenoxy) is 1. The lowest BCUT2D eigenvalue weighted by Crippen LogP contribution is -2.54. The van der Waals surface area contributed by atoms with Crippen molar-refractivity contribution in [2.24, 2.45) is 11.8 Å². The van der Waals surface area contributed by atoms with E-state index in [1.807, 2.05) is 40.7 Å². The van der Waals surface area contributed by atoms with E-state index in [9.17, 15) is 9.18 Å². The molecule has 2 aliphatic rings. The van der Waals surface area contributed by atoms with Gasteiger partial charge in [-0.05, 0) is 56.8 Å². The van der Waals surface area contributed by atoms with Crippen LogP contribution in [0.25, 0.3) is 16.9 Å². The van der Waals surface area contributed by atoms with Crippen molar-refractivity contribution in [2.45, 2.75) is 59.0 Å². The average molecular weight is 499 g/mol. The number of likely N-dealkylation sites (tertiary alicyclic amines) is 2. The van der Waals surface area contributed by atoms with Gasteiger partial charge in [-0.2, -0.15) is 14.8 Å². The molecule has 2 fully saturated rings. The summed E-state index contributed by atoms with van der Waals surface area (Å²) in [5.41, 5.74) is 0.721. The molecule has 9 nitrogen and oxygen atoms in total. The molecule has 0 spiro atoms. The third-order valence-corrected chi connectivity index (χ3v) is 6.83. The number of carbonyl (C=O) groups is 1. The van der Waals surface area contributed by atoms with Gasteiger partial charge in [-0.15, -0.1) is 0 Å². The number of hydrogen-bond donors (Lipinski definition) is 0. The van der Waals surface area contributed by atoms with Crippen LogP contribution in [0.1, 0.15) is 58.5 Å². The molecular weight excluding hydrogens is 463 g/mol. The summed E-state index contributed by atoms with van der Waals surface area (Å²) in [6, 6.07) is 5.00. The summed E-state index contributed by atoms with van der Waals surface area (Å²) in [7, 11) is 0. The number of fused-ring (bicyclic) bond motifs is 1. The molecule has 36 heavy (non-hydrogen) atoms. The van der Waals surface area contributed by atoms with Gasteiger partial charge in [0.15, 0.2) is 0 Å². The minimum Gasteiger partial charge on any atom is -0.444 e. The molecule has 2 aliphatic heterocycles. The smallest absolute Gasteiger partial charge is 0.410 e. The second-order valence-corrected chi connectivity index (χ2v) is 11.4. The van der Waals surface area contributed by atoms with Gasteiger partial charge in [0.25, 0.3) is 5.95 Å². The maximum Gasteiger partial charge on any atom is 0.410 e. The molecule has 1 atom stereocenters. The molecule has 1 aromatic carbocycles. The Morgan fingerprint density at radius 2 is 2.00 bits per heavy atom. The van der Waals surface area contributed by atoms with Crippen LogP contribution in [0.5, 0.6) is 0 Å². The van der Waals surface area contributed by atoms with Crippen LogP contribution in [-0.4, -0.2) is 74.1 Å². The first kappa shape index (κ1) is 24.7. The SMILES string of the molecule is CC(C)c1nn(-c2noc(C[C@H]3CCN(CC4CN(C(=O)OC(C)(C)C)C4)C3)n2)c2c(F)cccc12. The van der Waals surface area contributed by atoms with E-state index >= 15 is 0 Å². The van der Waals surface area contributed by atoms with E-state index in [0.717, 1.165) is 50.2 Å². The van der Waals surface area contributed by atoms with Gasteiger partial charge in [-0.25, -0.2) is 9.18 Å². The molecule has 0 aliphatic carbocycles. The number of amides is 1. The molecule has 0 N–H and O–H groups in total. The van der Waals surface area contributed by atoms with Gasteiger partial charge < -0.3 is 19.1 Å². The predicted molar refractivity (Wildman–Crippen MR) is 133 cm³/mol. The molecule has 3 aromatic rings. The summed E-state index contributed by atoms with van der Waals surface area (Å²) >= 11 is 0. The van der Waals surface area contributed by atoms with Gasteiger partial charge in [0.05, 0.1) is 5.69 Å². The topological polar surface area (TPSA) is 89.5 Å². The van der Waals surface area contributed by atoms with Crippen molar-refractivity contribution in [3.8, 4) is 5.95 Å². The number of para-hydroxylation sites is 1. The zero-order chi connectivity index (χ0) is 25.6. The second kappa shape index (κ2) is 9.46. The van der Waals surface area contributed by atoms with E-state index in [1.165, 1.54) is 10.7 Å². The lowest BCUT2D eigenvalue weighted by molar-refractivity contribution is -0.00544. The number of aromatic nitrogens is 4. The Bertz CT molecular complexity index is 1240. The number of halogens is 1. The molecule has 2 aromatic heterocycles. The number of rotatable bonds is 6. The highest BCUT2D eigenvalue weighted by molar-refractivity contribution is 5.84. The summed E-state index contributed by atoms with van der Waals surface area (Å²) in [6.45, 7) is 14.2. The molecule has 4 heterocycles. The standard InChI is InChI=1S/C26H35FN6O3/c1-16(2)22-19-7-6-8-20(27)23(19)33(29-22)24-28-21(36-30-24)11-17-9-10-31(12-17)13-18-14-32(15-18)25(34)35-26(3,4)5/h6-8,16-18H,9-15H2,1-5H3/t17-/m1/s1. The number of hydrogen-bond acceptors (Lipinski definition) is 7. The third kappa shape index (κ3) is 5.09. The maximum atomic E-state index is 14.7. The molecule has 0 unspecified atom stereocenters. The van der Waals surface area contributed by atoms with E-state index in [2.05, 4.69) is 20.1 Å². The van der Waals surface area contributed by atoms with Crippen LogP contribution in [-0.2, 0) is 11.2 Å². The van der Waals surface area contributed by atoms with Gasteiger partial charge in [0.1, 0.15) is 16.9 Å². The summed E-state index contributed by atoms with van der Waals surface area (Å²) in [4.78, 5) is 20.9. The van der Waals surface area contributed by atoms with Crippen molar-refractivity contribution in [1.29, 1.82) is 0 Å². The summed E-state index contributed by atoms with van der Waals surface area (Å²) in [5, 5.41) is 9.49. The van der Waals surface area contributed by atoms with Gasteiger partial charge in [-0.3, -0.25) is 0 Å². The summed E-state index contributed by atoms with van der Waals surface area (Å²) in [5.74, 6) is 1.48. The normalized spacial score (nSPS) is 19.4. The predicted octanol–water partition coefficient (Wildman–Crippen LogP) is 4.40. The Morgan fingerprint density at radius 1 is 1.22 bits per heavy atom. The second-order valence-electron chi connectivity index (χ2n) is 11.4. The number of benzene rings is 1. The van der Waals surface area contributed by atoms with E-state index in [1.54, 1.807) is 11.0 Å². The van der Waals surface area contributed by atoms with E-state index in [-0.39, 0.29) is 23.8 Å². The Hall–Kier alpha value is -3.01. The highest BCUT2D eigenvalue weighted by atomic mass is 19.1. The quantitative estimate of drug-likeness (QED) is 0.498. The highest BCUT2D eigenvalue weighted by Gasteiger charge is 2.36. The minimum atomic E-state index is -0.464.